The van der Waals surface area contributed by atoms with Gasteiger partial charge >= 0.3 is 0 Å². The lowest BCUT2D eigenvalue weighted by molar-refractivity contribution is 0.387. The fourth-order valence-electron chi connectivity index (χ4n) is 2.69. The molecule has 112 valence electrons. The number of nitrogen functional groups attached to an aromatic ring is 1. The summed E-state index contributed by atoms with van der Waals surface area (Å²) in [5.74, 6) is 0.455. The molecule has 1 fully saturated rings. The number of hydrogen-bond donors (Lipinski definition) is 1. The van der Waals surface area contributed by atoms with Crippen LogP contribution in [0.25, 0.3) is 0 Å². The maximum absolute atomic E-state index is 12.6. The Morgan fingerprint density at radius 3 is 2.55 bits per heavy atom. The molecule has 0 bridgehead atoms. The van der Waals surface area contributed by atoms with E-state index in [4.69, 9.17) is 17.3 Å². The normalized spacial score (nSPS) is 17.0. The monoisotopic (exact) mass is 316 g/mol. The summed E-state index contributed by atoms with van der Waals surface area (Å²) >= 11 is 6.09. The van der Waals surface area contributed by atoms with E-state index in [-0.39, 0.29) is 9.92 Å². The molecule has 0 atom stereocenters. The summed E-state index contributed by atoms with van der Waals surface area (Å²) < 4.78 is 26.6. The van der Waals surface area contributed by atoms with E-state index in [1.165, 1.54) is 23.2 Å². The molecule has 4 nitrogen and oxygen atoms in total. The second-order valence-corrected chi connectivity index (χ2v) is 8.00. The Labute approximate surface area is 126 Å². The van der Waals surface area contributed by atoms with Gasteiger partial charge in [-0.2, -0.15) is 0 Å². The minimum atomic E-state index is -3.58. The van der Waals surface area contributed by atoms with Crippen LogP contribution in [0, 0.1) is 12.8 Å². The second-order valence-electron chi connectivity index (χ2n) is 5.58. The smallest absolute Gasteiger partial charge is 0.244 e. The van der Waals surface area contributed by atoms with Crippen LogP contribution in [0.3, 0.4) is 0 Å². The zero-order valence-corrected chi connectivity index (χ0v) is 13.5. The standard InChI is InChI=1S/C14H21ClN2O2S/c1-10-7-12(15)14(8-13(10)16)20(18,19)17(2)9-11-5-3-4-6-11/h7-8,11H,3-6,9,16H2,1-2H3. The van der Waals surface area contributed by atoms with Crippen molar-refractivity contribution in [1.82, 2.24) is 4.31 Å². The number of hydrogen-bond acceptors (Lipinski definition) is 3. The predicted molar refractivity (Wildman–Crippen MR) is 82.4 cm³/mol. The van der Waals surface area contributed by atoms with Gasteiger partial charge < -0.3 is 5.73 Å². The molecule has 1 aromatic rings. The maximum atomic E-state index is 12.6. The van der Waals surface area contributed by atoms with Crippen molar-refractivity contribution >= 4 is 27.3 Å². The highest BCUT2D eigenvalue weighted by Gasteiger charge is 2.27. The minimum Gasteiger partial charge on any atom is -0.398 e. The summed E-state index contributed by atoms with van der Waals surface area (Å²) in [6.07, 6.45) is 4.58. The van der Waals surface area contributed by atoms with Crippen LogP contribution in [0.5, 0.6) is 0 Å². The highest BCUT2D eigenvalue weighted by Crippen LogP contribution is 2.31. The molecule has 0 aromatic heterocycles. The molecule has 1 aromatic carbocycles. The summed E-state index contributed by atoms with van der Waals surface area (Å²) in [7, 11) is -1.96. The van der Waals surface area contributed by atoms with Gasteiger partial charge in [-0.1, -0.05) is 24.4 Å². The second kappa shape index (κ2) is 5.92. The summed E-state index contributed by atoms with van der Waals surface area (Å²) in [6.45, 7) is 2.35. The first-order chi connectivity index (χ1) is 9.32. The van der Waals surface area contributed by atoms with Crippen LogP contribution in [-0.2, 0) is 10.0 Å². The number of rotatable bonds is 4. The molecule has 1 saturated carbocycles. The van der Waals surface area contributed by atoms with Crippen LogP contribution in [0.4, 0.5) is 5.69 Å². The van der Waals surface area contributed by atoms with Crippen LogP contribution < -0.4 is 5.73 Å². The third-order valence-electron chi connectivity index (χ3n) is 4.00. The number of anilines is 1. The van der Waals surface area contributed by atoms with Crippen LogP contribution >= 0.6 is 11.6 Å². The van der Waals surface area contributed by atoms with E-state index in [0.29, 0.717) is 18.2 Å². The largest absolute Gasteiger partial charge is 0.398 e. The summed E-state index contributed by atoms with van der Waals surface area (Å²) in [4.78, 5) is 0.0998. The van der Waals surface area contributed by atoms with Crippen molar-refractivity contribution in [3.8, 4) is 0 Å². The van der Waals surface area contributed by atoms with Gasteiger partial charge in [0, 0.05) is 19.3 Å². The zero-order chi connectivity index (χ0) is 14.9. The molecule has 20 heavy (non-hydrogen) atoms. The average molecular weight is 317 g/mol. The molecule has 2 rings (SSSR count). The Hall–Kier alpha value is -0.780. The molecule has 6 heteroatoms. The summed E-state index contributed by atoms with van der Waals surface area (Å²) in [6, 6.07) is 3.06. The Bertz CT molecular complexity index is 595. The molecule has 0 aliphatic heterocycles. The van der Waals surface area contributed by atoms with Crippen molar-refractivity contribution < 1.29 is 8.42 Å². The average Bonchev–Trinajstić information content (AvgIpc) is 2.86. The van der Waals surface area contributed by atoms with Gasteiger partial charge in [-0.15, -0.1) is 0 Å². The van der Waals surface area contributed by atoms with Gasteiger partial charge in [0.1, 0.15) is 4.90 Å². The molecule has 0 amide bonds. The number of nitrogens with zero attached hydrogens (tertiary/aromatic N) is 1. The number of benzene rings is 1. The van der Waals surface area contributed by atoms with Crippen molar-refractivity contribution in [2.75, 3.05) is 19.3 Å². The van der Waals surface area contributed by atoms with Crippen LogP contribution in [0.15, 0.2) is 17.0 Å². The third kappa shape index (κ3) is 3.10. The highest BCUT2D eigenvalue weighted by atomic mass is 35.5. The lowest BCUT2D eigenvalue weighted by Gasteiger charge is -2.21. The van der Waals surface area contributed by atoms with Crippen LogP contribution in [0.2, 0.25) is 5.02 Å². The van der Waals surface area contributed by atoms with E-state index in [2.05, 4.69) is 0 Å². The molecular weight excluding hydrogens is 296 g/mol. The first-order valence-electron chi connectivity index (χ1n) is 6.84. The van der Waals surface area contributed by atoms with E-state index in [9.17, 15) is 8.42 Å². The van der Waals surface area contributed by atoms with Gasteiger partial charge in [0.2, 0.25) is 10.0 Å². The Morgan fingerprint density at radius 1 is 1.35 bits per heavy atom. The van der Waals surface area contributed by atoms with E-state index in [0.717, 1.165) is 18.4 Å². The lowest BCUT2D eigenvalue weighted by atomic mass is 10.1. The van der Waals surface area contributed by atoms with Crippen LogP contribution in [-0.4, -0.2) is 26.3 Å². The molecule has 2 N–H and O–H groups in total. The van der Waals surface area contributed by atoms with E-state index >= 15 is 0 Å². The third-order valence-corrected chi connectivity index (χ3v) is 6.29. The fourth-order valence-corrected chi connectivity index (χ4v) is 4.52. The highest BCUT2D eigenvalue weighted by molar-refractivity contribution is 7.89. The SMILES string of the molecule is Cc1cc(Cl)c(S(=O)(=O)N(C)CC2CCCC2)cc1N. The lowest BCUT2D eigenvalue weighted by Crippen LogP contribution is -2.31. The Kier molecular flexibility index (Phi) is 4.62. The van der Waals surface area contributed by atoms with Crippen molar-refractivity contribution in [1.29, 1.82) is 0 Å². The number of halogens is 1. The molecule has 1 aliphatic rings. The quantitative estimate of drug-likeness (QED) is 0.868. The molecule has 0 unspecified atom stereocenters. The van der Waals surface area contributed by atoms with Gasteiger partial charge in [-0.3, -0.25) is 0 Å². The first-order valence-corrected chi connectivity index (χ1v) is 8.66. The van der Waals surface area contributed by atoms with Crippen molar-refractivity contribution in [3.05, 3.63) is 22.7 Å². The van der Waals surface area contributed by atoms with Gasteiger partial charge in [0.05, 0.1) is 5.02 Å². The predicted octanol–water partition coefficient (Wildman–Crippen LogP) is 3.04. The van der Waals surface area contributed by atoms with Gasteiger partial charge in [-0.25, -0.2) is 12.7 Å². The minimum absolute atomic E-state index is 0.0998. The van der Waals surface area contributed by atoms with E-state index in [1.807, 2.05) is 0 Å². The summed E-state index contributed by atoms with van der Waals surface area (Å²) in [5.41, 5.74) is 7.04. The van der Waals surface area contributed by atoms with Gasteiger partial charge in [0.25, 0.3) is 0 Å². The number of aryl methyl sites for hydroxylation is 1. The molecule has 1 aliphatic carbocycles. The Balaban J connectivity index is 2.27. The van der Waals surface area contributed by atoms with Crippen molar-refractivity contribution in [2.24, 2.45) is 5.92 Å². The summed E-state index contributed by atoms with van der Waals surface area (Å²) in [5, 5.41) is 0.231. The van der Waals surface area contributed by atoms with Crippen molar-refractivity contribution in [2.45, 2.75) is 37.5 Å². The topological polar surface area (TPSA) is 63.4 Å². The maximum Gasteiger partial charge on any atom is 0.244 e. The van der Waals surface area contributed by atoms with Gasteiger partial charge in [-0.05, 0) is 43.4 Å². The van der Waals surface area contributed by atoms with Crippen LogP contribution in [0.1, 0.15) is 31.2 Å². The number of nitrogens with two attached hydrogens (primary N) is 1. The first kappa shape index (κ1) is 15.6. The fraction of sp³-hybridized carbons (Fsp3) is 0.571. The molecule has 0 saturated heterocycles. The van der Waals surface area contributed by atoms with Gasteiger partial charge in [0.15, 0.2) is 0 Å². The molecular formula is C14H21ClN2O2S. The van der Waals surface area contributed by atoms with E-state index < -0.39 is 10.0 Å². The Morgan fingerprint density at radius 2 is 1.95 bits per heavy atom. The zero-order valence-electron chi connectivity index (χ0n) is 11.9. The molecule has 0 spiro atoms. The molecule has 0 radical (unpaired) electrons. The van der Waals surface area contributed by atoms with E-state index in [1.54, 1.807) is 20.0 Å². The molecule has 0 heterocycles. The van der Waals surface area contributed by atoms with Crippen molar-refractivity contribution in [3.63, 3.8) is 0 Å². The number of sulfonamides is 1.